The van der Waals surface area contributed by atoms with Crippen LogP contribution in [0.25, 0.3) is 0 Å². The van der Waals surface area contributed by atoms with E-state index in [9.17, 15) is 8.78 Å². The highest BCUT2D eigenvalue weighted by molar-refractivity contribution is 7.80. The first-order valence-corrected chi connectivity index (χ1v) is 8.77. The van der Waals surface area contributed by atoms with Gasteiger partial charge in [-0.05, 0) is 54.7 Å². The first-order chi connectivity index (χ1) is 12.6. The summed E-state index contributed by atoms with van der Waals surface area (Å²) in [7, 11) is 0. The Labute approximate surface area is 155 Å². The van der Waals surface area contributed by atoms with Gasteiger partial charge in [-0.15, -0.1) is 0 Å². The predicted octanol–water partition coefficient (Wildman–Crippen LogP) is 4.57. The van der Waals surface area contributed by atoms with Crippen LogP contribution < -0.4 is 5.32 Å². The molecule has 6 heteroatoms. The lowest BCUT2D eigenvalue weighted by Gasteiger charge is -2.39. The second kappa shape index (κ2) is 6.88. The Morgan fingerprint density at radius 1 is 0.962 bits per heavy atom. The number of halogens is 2. The highest BCUT2D eigenvalue weighted by atomic mass is 32.1. The van der Waals surface area contributed by atoms with Crippen LogP contribution in [0.3, 0.4) is 0 Å². The molecule has 3 nitrogen and oxygen atoms in total. The van der Waals surface area contributed by atoms with Gasteiger partial charge in [-0.1, -0.05) is 18.2 Å². The van der Waals surface area contributed by atoms with Gasteiger partial charge in [0.2, 0.25) is 0 Å². The predicted molar refractivity (Wildman–Crippen MR) is 102 cm³/mol. The monoisotopic (exact) mass is 369 g/mol. The summed E-state index contributed by atoms with van der Waals surface area (Å²) in [5, 5.41) is 3.62. The van der Waals surface area contributed by atoms with Gasteiger partial charge in [-0.25, -0.2) is 8.78 Å². The Hall–Kier alpha value is -2.73. The first kappa shape index (κ1) is 16.7. The Morgan fingerprint density at radius 3 is 2.50 bits per heavy atom. The van der Waals surface area contributed by atoms with Crippen LogP contribution in [0.4, 0.5) is 14.5 Å². The Balaban J connectivity index is 1.69. The molecule has 132 valence electrons. The Morgan fingerprint density at radius 2 is 1.73 bits per heavy atom. The van der Waals surface area contributed by atoms with Crippen molar-refractivity contribution in [2.45, 2.75) is 12.6 Å². The van der Waals surface area contributed by atoms with Crippen LogP contribution >= 0.6 is 12.2 Å². The number of benzene rings is 2. The lowest BCUT2D eigenvalue weighted by atomic mass is 10.00. The molecule has 1 atom stereocenters. The molecule has 0 saturated heterocycles. The van der Waals surface area contributed by atoms with Crippen LogP contribution in [0.5, 0.6) is 0 Å². The van der Waals surface area contributed by atoms with E-state index in [1.807, 2.05) is 29.3 Å². The molecule has 26 heavy (non-hydrogen) atoms. The van der Waals surface area contributed by atoms with Crippen LogP contribution in [0.1, 0.15) is 17.3 Å². The number of anilines is 1. The quantitative estimate of drug-likeness (QED) is 0.669. The van der Waals surface area contributed by atoms with E-state index in [0.29, 0.717) is 22.9 Å². The van der Waals surface area contributed by atoms with Gasteiger partial charge in [0.15, 0.2) is 5.11 Å². The molecule has 3 aromatic rings. The maximum absolute atomic E-state index is 14.5. The van der Waals surface area contributed by atoms with Crippen molar-refractivity contribution < 1.29 is 8.78 Å². The standard InChI is InChI=1S/C20H17F2N3S/c21-14-7-9-15(10-8-14)23-20(26)25-13-12-24-11-3-6-18(24)19(25)16-4-1-2-5-17(16)22/h1-11,19H,12-13H2,(H,23,26). The van der Waals surface area contributed by atoms with Crippen molar-refractivity contribution in [2.75, 3.05) is 11.9 Å². The van der Waals surface area contributed by atoms with Crippen molar-refractivity contribution in [3.8, 4) is 0 Å². The summed E-state index contributed by atoms with van der Waals surface area (Å²) >= 11 is 5.60. The third-order valence-corrected chi connectivity index (χ3v) is 4.93. The van der Waals surface area contributed by atoms with E-state index in [4.69, 9.17) is 12.2 Å². The van der Waals surface area contributed by atoms with Crippen molar-refractivity contribution >= 4 is 23.0 Å². The fourth-order valence-corrected chi connectivity index (χ4v) is 3.67. The zero-order chi connectivity index (χ0) is 18.1. The Kier molecular flexibility index (Phi) is 4.42. The minimum Gasteiger partial charge on any atom is -0.348 e. The van der Waals surface area contributed by atoms with Gasteiger partial charge in [0.05, 0.1) is 6.04 Å². The molecule has 2 aromatic carbocycles. The summed E-state index contributed by atoms with van der Waals surface area (Å²) in [6.07, 6.45) is 2.00. The maximum Gasteiger partial charge on any atom is 0.174 e. The van der Waals surface area contributed by atoms with Crippen LogP contribution in [0.2, 0.25) is 0 Å². The number of aromatic nitrogens is 1. The molecule has 0 bridgehead atoms. The van der Waals surface area contributed by atoms with Gasteiger partial charge >= 0.3 is 0 Å². The van der Waals surface area contributed by atoms with Crippen LogP contribution in [-0.2, 0) is 6.54 Å². The van der Waals surface area contributed by atoms with Gasteiger partial charge in [-0.2, -0.15) is 0 Å². The van der Waals surface area contributed by atoms with E-state index in [0.717, 1.165) is 12.2 Å². The molecule has 0 fully saturated rings. The molecule has 1 unspecified atom stereocenters. The van der Waals surface area contributed by atoms with E-state index in [-0.39, 0.29) is 17.7 Å². The van der Waals surface area contributed by atoms with Gasteiger partial charge in [-0.3, -0.25) is 0 Å². The topological polar surface area (TPSA) is 20.2 Å². The lowest BCUT2D eigenvalue weighted by molar-refractivity contribution is 0.288. The summed E-state index contributed by atoms with van der Waals surface area (Å²) in [5.74, 6) is -0.566. The van der Waals surface area contributed by atoms with Crippen molar-refractivity contribution in [3.63, 3.8) is 0 Å². The number of thiocarbonyl (C=S) groups is 1. The second-order valence-electron chi connectivity index (χ2n) is 6.18. The minimum atomic E-state index is -0.319. The summed E-state index contributed by atoms with van der Waals surface area (Å²) < 4.78 is 29.8. The van der Waals surface area contributed by atoms with E-state index in [1.165, 1.54) is 18.2 Å². The number of hydrogen-bond donors (Lipinski definition) is 1. The lowest BCUT2D eigenvalue weighted by Crippen LogP contribution is -2.44. The third kappa shape index (κ3) is 3.08. The molecule has 0 aliphatic carbocycles. The fourth-order valence-electron chi connectivity index (χ4n) is 3.35. The molecular weight excluding hydrogens is 352 g/mol. The van der Waals surface area contributed by atoms with E-state index in [1.54, 1.807) is 24.3 Å². The molecule has 0 amide bonds. The smallest absolute Gasteiger partial charge is 0.174 e. The van der Waals surface area contributed by atoms with Crippen molar-refractivity contribution in [1.82, 2.24) is 9.47 Å². The van der Waals surface area contributed by atoms with Crippen molar-refractivity contribution in [2.24, 2.45) is 0 Å². The average molecular weight is 369 g/mol. The second-order valence-corrected chi connectivity index (χ2v) is 6.57. The third-order valence-electron chi connectivity index (χ3n) is 4.59. The zero-order valence-corrected chi connectivity index (χ0v) is 14.7. The number of nitrogens with one attached hydrogen (secondary N) is 1. The zero-order valence-electron chi connectivity index (χ0n) is 13.9. The SMILES string of the molecule is Fc1ccc(NC(=S)N2CCn3cccc3C2c2ccccc2F)cc1. The van der Waals surface area contributed by atoms with Gasteiger partial charge < -0.3 is 14.8 Å². The van der Waals surface area contributed by atoms with Gasteiger partial charge in [0.1, 0.15) is 11.6 Å². The molecular formula is C20H17F2N3S. The van der Waals surface area contributed by atoms with Gasteiger partial charge in [0.25, 0.3) is 0 Å². The number of hydrogen-bond acceptors (Lipinski definition) is 1. The number of fused-ring (bicyclic) bond motifs is 1. The molecule has 2 heterocycles. The number of nitrogens with zero attached hydrogens (tertiary/aromatic N) is 2. The Bertz CT molecular complexity index is 936. The van der Waals surface area contributed by atoms with Crippen LogP contribution in [0.15, 0.2) is 66.9 Å². The molecule has 1 N–H and O–H groups in total. The average Bonchev–Trinajstić information content (AvgIpc) is 3.12. The summed E-state index contributed by atoms with van der Waals surface area (Å²) in [6.45, 7) is 1.41. The summed E-state index contributed by atoms with van der Waals surface area (Å²) in [5.41, 5.74) is 2.27. The maximum atomic E-state index is 14.5. The minimum absolute atomic E-state index is 0.262. The highest BCUT2D eigenvalue weighted by Gasteiger charge is 2.32. The van der Waals surface area contributed by atoms with E-state index >= 15 is 0 Å². The molecule has 0 radical (unpaired) electrons. The van der Waals surface area contributed by atoms with Gasteiger partial charge in [0, 0.05) is 36.2 Å². The first-order valence-electron chi connectivity index (χ1n) is 8.36. The van der Waals surface area contributed by atoms with E-state index in [2.05, 4.69) is 9.88 Å². The molecule has 0 saturated carbocycles. The normalized spacial score (nSPS) is 16.2. The van der Waals surface area contributed by atoms with Crippen LogP contribution in [0, 0.1) is 11.6 Å². The fraction of sp³-hybridized carbons (Fsp3) is 0.150. The molecule has 1 aliphatic heterocycles. The number of rotatable bonds is 2. The molecule has 1 aromatic heterocycles. The summed E-state index contributed by atoms with van der Waals surface area (Å²) in [6, 6.07) is 16.4. The molecule has 0 spiro atoms. The van der Waals surface area contributed by atoms with Crippen molar-refractivity contribution in [1.29, 1.82) is 0 Å². The largest absolute Gasteiger partial charge is 0.348 e. The summed E-state index contributed by atoms with van der Waals surface area (Å²) in [4.78, 5) is 1.98. The van der Waals surface area contributed by atoms with E-state index < -0.39 is 0 Å². The molecule has 1 aliphatic rings. The van der Waals surface area contributed by atoms with Crippen LogP contribution in [-0.4, -0.2) is 21.1 Å². The van der Waals surface area contributed by atoms with Crippen molar-refractivity contribution in [3.05, 3.63) is 89.8 Å². The highest BCUT2D eigenvalue weighted by Crippen LogP contribution is 2.34. The molecule has 4 rings (SSSR count).